The second kappa shape index (κ2) is 5.68. The van der Waals surface area contributed by atoms with Crippen molar-refractivity contribution >= 4 is 29.7 Å². The van der Waals surface area contributed by atoms with Gasteiger partial charge in [0.25, 0.3) is 0 Å². The average molecular weight is 287 g/mol. The van der Waals surface area contributed by atoms with Crippen LogP contribution in [0.15, 0.2) is 0 Å². The van der Waals surface area contributed by atoms with Gasteiger partial charge in [-0.05, 0) is 6.42 Å². The number of nitrogens with zero attached hydrogens (tertiary/aromatic N) is 3. The molecule has 0 saturated carbocycles. The summed E-state index contributed by atoms with van der Waals surface area (Å²) in [5, 5.41) is 9.08. The van der Waals surface area contributed by atoms with E-state index in [1.807, 2.05) is 0 Å². The van der Waals surface area contributed by atoms with Crippen LogP contribution in [-0.2, 0) is 9.59 Å². The van der Waals surface area contributed by atoms with Crippen molar-refractivity contribution in [1.82, 2.24) is 14.7 Å². The molecule has 0 bridgehead atoms. The molecule has 2 fully saturated rings. The van der Waals surface area contributed by atoms with E-state index in [9.17, 15) is 14.4 Å². The van der Waals surface area contributed by atoms with Gasteiger partial charge in [0.1, 0.15) is 12.6 Å². The van der Waals surface area contributed by atoms with Crippen molar-refractivity contribution in [3.8, 4) is 0 Å². The van der Waals surface area contributed by atoms with Gasteiger partial charge in [-0.25, -0.2) is 9.59 Å². The van der Waals surface area contributed by atoms with Gasteiger partial charge in [0.15, 0.2) is 0 Å². The lowest BCUT2D eigenvalue weighted by molar-refractivity contribution is -0.140. The van der Waals surface area contributed by atoms with Gasteiger partial charge < -0.3 is 19.8 Å². The maximum Gasteiger partial charge on any atom is 0.327 e. The predicted molar refractivity (Wildman–Crippen MR) is 69.8 cm³/mol. The highest BCUT2D eigenvalue weighted by molar-refractivity contribution is 7.99. The van der Waals surface area contributed by atoms with Crippen LogP contribution in [0.4, 0.5) is 4.79 Å². The first-order valence-corrected chi connectivity index (χ1v) is 7.26. The van der Waals surface area contributed by atoms with E-state index in [0.29, 0.717) is 31.1 Å². The van der Waals surface area contributed by atoms with E-state index < -0.39 is 12.0 Å². The van der Waals surface area contributed by atoms with Gasteiger partial charge in [-0.15, -0.1) is 11.8 Å². The fourth-order valence-electron chi connectivity index (χ4n) is 2.17. The molecule has 0 aromatic rings. The predicted octanol–water partition coefficient (Wildman–Crippen LogP) is -0.270. The molecule has 8 heteroatoms. The molecule has 2 aliphatic heterocycles. The topological polar surface area (TPSA) is 81.2 Å². The van der Waals surface area contributed by atoms with Crippen LogP contribution < -0.4 is 0 Å². The Kier molecular flexibility index (Phi) is 4.18. The van der Waals surface area contributed by atoms with Gasteiger partial charge >= 0.3 is 12.0 Å². The summed E-state index contributed by atoms with van der Waals surface area (Å²) in [7, 11) is 1.71. The van der Waals surface area contributed by atoms with Crippen LogP contribution in [0.2, 0.25) is 0 Å². The van der Waals surface area contributed by atoms with E-state index in [2.05, 4.69) is 0 Å². The second-order valence-electron chi connectivity index (χ2n) is 4.70. The first-order valence-electron chi connectivity index (χ1n) is 6.10. The zero-order chi connectivity index (χ0) is 14.0. The summed E-state index contributed by atoms with van der Waals surface area (Å²) < 4.78 is 0. The van der Waals surface area contributed by atoms with Crippen molar-refractivity contribution in [1.29, 1.82) is 0 Å². The minimum absolute atomic E-state index is 0.0306. The molecule has 0 unspecified atom stereocenters. The number of aliphatic carboxylic acids is 1. The van der Waals surface area contributed by atoms with Crippen LogP contribution in [0.25, 0.3) is 0 Å². The Bertz CT molecular complexity index is 403. The smallest absolute Gasteiger partial charge is 0.327 e. The normalized spacial score (nSPS) is 24.6. The van der Waals surface area contributed by atoms with Crippen molar-refractivity contribution in [3.05, 3.63) is 0 Å². The summed E-state index contributed by atoms with van der Waals surface area (Å²) in [5.41, 5.74) is 0. The molecular weight excluding hydrogens is 270 g/mol. The highest BCUT2D eigenvalue weighted by Crippen LogP contribution is 2.23. The molecule has 0 aromatic carbocycles. The lowest BCUT2D eigenvalue weighted by Crippen LogP contribution is -2.50. The number of thioether (sulfide) groups is 1. The number of hydrogen-bond acceptors (Lipinski definition) is 4. The molecule has 2 saturated heterocycles. The van der Waals surface area contributed by atoms with Crippen molar-refractivity contribution in [2.24, 2.45) is 0 Å². The summed E-state index contributed by atoms with van der Waals surface area (Å²) in [5.74, 6) is -0.319. The van der Waals surface area contributed by atoms with E-state index in [-0.39, 0.29) is 18.5 Å². The van der Waals surface area contributed by atoms with Gasteiger partial charge in [-0.2, -0.15) is 0 Å². The van der Waals surface area contributed by atoms with Gasteiger partial charge in [0, 0.05) is 25.9 Å². The van der Waals surface area contributed by atoms with E-state index in [1.165, 1.54) is 21.6 Å². The Hall–Kier alpha value is -1.44. The highest BCUT2D eigenvalue weighted by atomic mass is 32.2. The third-order valence-electron chi connectivity index (χ3n) is 3.36. The molecule has 0 aliphatic carbocycles. The van der Waals surface area contributed by atoms with Crippen molar-refractivity contribution < 1.29 is 19.5 Å². The fraction of sp³-hybridized carbons (Fsp3) is 0.727. The number of carbonyl (C=O) groups excluding carboxylic acids is 2. The molecule has 2 heterocycles. The maximum absolute atomic E-state index is 12.3. The first-order chi connectivity index (χ1) is 9.00. The number of urea groups is 1. The van der Waals surface area contributed by atoms with Crippen LogP contribution in [0.5, 0.6) is 0 Å². The Balaban J connectivity index is 2.06. The highest BCUT2D eigenvalue weighted by Gasteiger charge is 2.37. The average Bonchev–Trinajstić information content (AvgIpc) is 2.79. The number of rotatable bonds is 1. The molecular formula is C11H17N3O4S. The Morgan fingerprint density at radius 3 is 2.79 bits per heavy atom. The number of carboxylic acids is 1. The van der Waals surface area contributed by atoms with Crippen molar-refractivity contribution in [2.75, 3.05) is 38.3 Å². The van der Waals surface area contributed by atoms with Gasteiger partial charge in [-0.1, -0.05) is 0 Å². The summed E-state index contributed by atoms with van der Waals surface area (Å²) in [6, 6.07) is -1.13. The summed E-state index contributed by atoms with van der Waals surface area (Å²) in [6.45, 7) is 1.14. The number of likely N-dealkylation sites (N-methyl/N-ethyl adjacent to an activating group) is 1. The van der Waals surface area contributed by atoms with E-state index in [1.54, 1.807) is 11.9 Å². The molecule has 1 N–H and O–H groups in total. The number of hydrogen-bond donors (Lipinski definition) is 1. The SMILES string of the molecule is CN1CCCN(C(=O)N2CSC[C@H]2C(=O)O)CC1=O. The largest absolute Gasteiger partial charge is 0.480 e. The Morgan fingerprint density at radius 2 is 2.11 bits per heavy atom. The summed E-state index contributed by atoms with van der Waals surface area (Å²) in [4.78, 5) is 39.5. The minimum Gasteiger partial charge on any atom is -0.480 e. The molecule has 0 spiro atoms. The van der Waals surface area contributed by atoms with Crippen LogP contribution in [0, 0.1) is 0 Å². The third-order valence-corrected chi connectivity index (χ3v) is 4.37. The quantitative estimate of drug-likeness (QED) is 0.718. The zero-order valence-electron chi connectivity index (χ0n) is 10.7. The zero-order valence-corrected chi connectivity index (χ0v) is 11.6. The van der Waals surface area contributed by atoms with E-state index >= 15 is 0 Å². The standard InChI is InChI=1S/C11H17N3O4S/c1-12-3-2-4-13(5-9(12)15)11(18)14-7-19-6-8(14)10(16)17/h8H,2-7H2,1H3,(H,16,17)/t8-/m0/s1. The molecule has 106 valence electrons. The van der Waals surface area contributed by atoms with Crippen LogP contribution in [-0.4, -0.2) is 82.1 Å². The van der Waals surface area contributed by atoms with E-state index in [0.717, 1.165) is 0 Å². The molecule has 2 rings (SSSR count). The van der Waals surface area contributed by atoms with Crippen molar-refractivity contribution in [2.45, 2.75) is 12.5 Å². The molecule has 0 aromatic heterocycles. The molecule has 19 heavy (non-hydrogen) atoms. The lowest BCUT2D eigenvalue weighted by Gasteiger charge is -2.28. The van der Waals surface area contributed by atoms with Crippen LogP contribution in [0.1, 0.15) is 6.42 Å². The molecule has 1 atom stereocenters. The molecule has 0 radical (unpaired) electrons. The van der Waals surface area contributed by atoms with Gasteiger partial charge in [0.05, 0.1) is 5.88 Å². The van der Waals surface area contributed by atoms with Gasteiger partial charge in [0.2, 0.25) is 5.91 Å². The number of amides is 3. The third kappa shape index (κ3) is 2.94. The Morgan fingerprint density at radius 1 is 1.37 bits per heavy atom. The van der Waals surface area contributed by atoms with Crippen LogP contribution in [0.3, 0.4) is 0 Å². The summed E-state index contributed by atoms with van der Waals surface area (Å²) in [6.07, 6.45) is 0.715. The van der Waals surface area contributed by atoms with Gasteiger partial charge in [-0.3, -0.25) is 4.79 Å². The minimum atomic E-state index is -0.989. The van der Waals surface area contributed by atoms with E-state index in [4.69, 9.17) is 5.11 Å². The number of carbonyl (C=O) groups is 3. The molecule has 3 amide bonds. The molecule has 2 aliphatic rings. The van der Waals surface area contributed by atoms with Crippen molar-refractivity contribution in [3.63, 3.8) is 0 Å². The lowest BCUT2D eigenvalue weighted by atomic mass is 10.3. The fourth-order valence-corrected chi connectivity index (χ4v) is 3.31. The van der Waals surface area contributed by atoms with Crippen LogP contribution >= 0.6 is 11.8 Å². The monoisotopic (exact) mass is 287 g/mol. The second-order valence-corrected chi connectivity index (χ2v) is 5.70. The Labute approximate surface area is 115 Å². The first kappa shape index (κ1) is 14.0. The summed E-state index contributed by atoms with van der Waals surface area (Å²) >= 11 is 1.42. The number of carboxylic acid groups (broad SMARTS) is 1. The maximum atomic E-state index is 12.3. The molecule has 7 nitrogen and oxygen atoms in total.